The van der Waals surface area contributed by atoms with Gasteiger partial charge in [-0.25, -0.2) is 0 Å². The minimum Gasteiger partial charge on any atom is -0.490 e. The number of nitrogens with two attached hydrogens (primary N) is 1. The summed E-state index contributed by atoms with van der Waals surface area (Å²) in [5.41, 5.74) is 8.21. The fourth-order valence-electron chi connectivity index (χ4n) is 1.58. The average molecular weight is 222 g/mol. The highest BCUT2D eigenvalue weighted by Crippen LogP contribution is 2.25. The molecule has 0 radical (unpaired) electrons. The number of amidine groups is 1. The maximum atomic E-state index is 8.62. The van der Waals surface area contributed by atoms with Crippen molar-refractivity contribution in [2.45, 2.75) is 33.8 Å². The molecule has 0 aliphatic rings. The van der Waals surface area contributed by atoms with Gasteiger partial charge in [0.05, 0.1) is 6.10 Å². The van der Waals surface area contributed by atoms with E-state index in [1.807, 2.05) is 39.8 Å². The molecule has 0 bridgehead atoms. The Labute approximate surface area is 95.7 Å². The van der Waals surface area contributed by atoms with Gasteiger partial charge in [0, 0.05) is 5.56 Å². The maximum Gasteiger partial charge on any atom is 0.170 e. The number of hydrogen-bond donors (Lipinski definition) is 2. The van der Waals surface area contributed by atoms with Crippen LogP contribution in [-0.4, -0.2) is 17.1 Å². The summed E-state index contributed by atoms with van der Waals surface area (Å²) in [5, 5.41) is 11.6. The lowest BCUT2D eigenvalue weighted by molar-refractivity contribution is 0.239. The molecule has 0 aromatic heterocycles. The molecule has 16 heavy (non-hydrogen) atoms. The molecule has 3 N–H and O–H groups in total. The second-order valence-electron chi connectivity index (χ2n) is 4.09. The third-order valence-electron chi connectivity index (χ3n) is 2.22. The van der Waals surface area contributed by atoms with Crippen LogP contribution in [0.3, 0.4) is 0 Å². The van der Waals surface area contributed by atoms with E-state index in [0.717, 1.165) is 16.9 Å². The van der Waals surface area contributed by atoms with Crippen LogP contribution in [0.5, 0.6) is 5.75 Å². The van der Waals surface area contributed by atoms with Gasteiger partial charge in [-0.3, -0.25) is 0 Å². The Kier molecular flexibility index (Phi) is 3.77. The van der Waals surface area contributed by atoms with Crippen LogP contribution in [0.4, 0.5) is 0 Å². The van der Waals surface area contributed by atoms with Crippen LogP contribution >= 0.6 is 0 Å². The maximum absolute atomic E-state index is 8.62. The highest BCUT2D eigenvalue weighted by molar-refractivity contribution is 5.97. The van der Waals surface area contributed by atoms with Gasteiger partial charge in [0.15, 0.2) is 5.84 Å². The Bertz CT molecular complexity index is 388. The first-order valence-electron chi connectivity index (χ1n) is 5.21. The summed E-state index contributed by atoms with van der Waals surface area (Å²) in [6.07, 6.45) is 0.132. The SMILES string of the molecule is Cc1cc(/C(N)=N/O)cc(C)c1OC(C)C. The van der Waals surface area contributed by atoms with Crippen LogP contribution in [0.1, 0.15) is 30.5 Å². The van der Waals surface area contributed by atoms with Gasteiger partial charge in [-0.1, -0.05) is 5.16 Å². The molecule has 1 aromatic carbocycles. The second-order valence-corrected chi connectivity index (χ2v) is 4.09. The van der Waals surface area contributed by atoms with Crippen molar-refractivity contribution in [3.8, 4) is 5.75 Å². The predicted molar refractivity (Wildman–Crippen MR) is 64.2 cm³/mol. The Morgan fingerprint density at radius 2 is 1.81 bits per heavy atom. The van der Waals surface area contributed by atoms with E-state index in [1.54, 1.807) is 0 Å². The number of aryl methyl sites for hydroxylation is 2. The first-order chi connectivity index (χ1) is 7.45. The number of oxime groups is 1. The first-order valence-corrected chi connectivity index (χ1v) is 5.21. The Morgan fingerprint density at radius 3 is 2.19 bits per heavy atom. The number of rotatable bonds is 3. The summed E-state index contributed by atoms with van der Waals surface area (Å²) in [4.78, 5) is 0. The van der Waals surface area contributed by atoms with Crippen LogP contribution in [0.2, 0.25) is 0 Å². The predicted octanol–water partition coefficient (Wildman–Crippen LogP) is 2.19. The fourth-order valence-corrected chi connectivity index (χ4v) is 1.58. The summed E-state index contributed by atoms with van der Waals surface area (Å²) in [6.45, 7) is 7.85. The van der Waals surface area contributed by atoms with Gasteiger partial charge in [-0.2, -0.15) is 0 Å². The lowest BCUT2D eigenvalue weighted by atomic mass is 10.0. The minimum absolute atomic E-state index is 0.113. The molecule has 4 nitrogen and oxygen atoms in total. The van der Waals surface area contributed by atoms with E-state index in [0.29, 0.717) is 5.56 Å². The highest BCUT2D eigenvalue weighted by atomic mass is 16.5. The van der Waals surface area contributed by atoms with Crippen LogP contribution in [0, 0.1) is 13.8 Å². The molecule has 0 fully saturated rings. The number of hydrogen-bond acceptors (Lipinski definition) is 3. The van der Waals surface area contributed by atoms with Gasteiger partial charge in [0.2, 0.25) is 0 Å². The quantitative estimate of drug-likeness (QED) is 0.356. The van der Waals surface area contributed by atoms with E-state index >= 15 is 0 Å². The first kappa shape index (κ1) is 12.4. The monoisotopic (exact) mass is 222 g/mol. The van der Waals surface area contributed by atoms with Gasteiger partial charge in [-0.05, 0) is 51.0 Å². The Balaban J connectivity index is 3.17. The standard InChI is InChI=1S/C12H18N2O2/c1-7(2)16-11-8(3)5-10(6-9(11)4)12(13)14-15/h5-7,15H,1-4H3,(H2,13,14). The molecule has 1 aromatic rings. The Morgan fingerprint density at radius 1 is 1.31 bits per heavy atom. The molecule has 0 amide bonds. The van der Waals surface area contributed by atoms with Gasteiger partial charge in [-0.15, -0.1) is 0 Å². The van der Waals surface area contributed by atoms with Crippen LogP contribution < -0.4 is 10.5 Å². The third-order valence-corrected chi connectivity index (χ3v) is 2.22. The fraction of sp³-hybridized carbons (Fsp3) is 0.417. The largest absolute Gasteiger partial charge is 0.490 e. The van der Waals surface area contributed by atoms with Crippen LogP contribution in [0.15, 0.2) is 17.3 Å². The van der Waals surface area contributed by atoms with Crippen molar-refractivity contribution in [3.05, 3.63) is 28.8 Å². The van der Waals surface area contributed by atoms with Crippen molar-refractivity contribution in [3.63, 3.8) is 0 Å². The molecule has 88 valence electrons. The Hall–Kier alpha value is -1.71. The van der Waals surface area contributed by atoms with E-state index < -0.39 is 0 Å². The molecule has 4 heteroatoms. The van der Waals surface area contributed by atoms with E-state index in [4.69, 9.17) is 15.7 Å². The van der Waals surface area contributed by atoms with E-state index in [9.17, 15) is 0 Å². The molecular weight excluding hydrogens is 204 g/mol. The molecule has 0 saturated heterocycles. The van der Waals surface area contributed by atoms with Gasteiger partial charge < -0.3 is 15.7 Å². The topological polar surface area (TPSA) is 67.8 Å². The van der Waals surface area contributed by atoms with E-state index in [1.165, 1.54) is 0 Å². The summed E-state index contributed by atoms with van der Waals surface area (Å²) >= 11 is 0. The number of ether oxygens (including phenoxy) is 1. The van der Waals surface area contributed by atoms with Gasteiger partial charge >= 0.3 is 0 Å². The number of nitrogens with zero attached hydrogens (tertiary/aromatic N) is 1. The van der Waals surface area contributed by atoms with Gasteiger partial charge in [0.25, 0.3) is 0 Å². The van der Waals surface area contributed by atoms with Crippen LogP contribution in [0.25, 0.3) is 0 Å². The van der Waals surface area contributed by atoms with E-state index in [-0.39, 0.29) is 11.9 Å². The number of benzene rings is 1. The molecule has 0 saturated carbocycles. The molecule has 0 spiro atoms. The van der Waals surface area contributed by atoms with Crippen molar-refractivity contribution >= 4 is 5.84 Å². The summed E-state index contributed by atoms with van der Waals surface area (Å²) in [7, 11) is 0. The smallest absolute Gasteiger partial charge is 0.170 e. The second kappa shape index (κ2) is 4.88. The van der Waals surface area contributed by atoms with Crippen molar-refractivity contribution in [2.24, 2.45) is 10.9 Å². The molecular formula is C12H18N2O2. The molecule has 1 rings (SSSR count). The molecule has 0 heterocycles. The lowest BCUT2D eigenvalue weighted by Crippen LogP contribution is -2.14. The summed E-state index contributed by atoms with van der Waals surface area (Å²) < 4.78 is 5.70. The molecule has 0 aliphatic heterocycles. The minimum atomic E-state index is 0.113. The summed E-state index contributed by atoms with van der Waals surface area (Å²) in [6, 6.07) is 3.69. The highest BCUT2D eigenvalue weighted by Gasteiger charge is 2.09. The lowest BCUT2D eigenvalue weighted by Gasteiger charge is -2.16. The molecule has 0 aliphatic carbocycles. The normalized spacial score (nSPS) is 11.9. The molecule has 0 atom stereocenters. The van der Waals surface area contributed by atoms with Crippen molar-refractivity contribution in [1.82, 2.24) is 0 Å². The van der Waals surface area contributed by atoms with Crippen molar-refractivity contribution in [1.29, 1.82) is 0 Å². The summed E-state index contributed by atoms with van der Waals surface area (Å²) in [5.74, 6) is 0.979. The van der Waals surface area contributed by atoms with Gasteiger partial charge in [0.1, 0.15) is 5.75 Å². The zero-order valence-corrected chi connectivity index (χ0v) is 10.1. The third kappa shape index (κ3) is 2.66. The van der Waals surface area contributed by atoms with E-state index in [2.05, 4.69) is 5.16 Å². The molecule has 0 unspecified atom stereocenters. The van der Waals surface area contributed by atoms with Crippen molar-refractivity contribution < 1.29 is 9.94 Å². The zero-order chi connectivity index (χ0) is 12.3. The zero-order valence-electron chi connectivity index (χ0n) is 10.1. The average Bonchev–Trinajstić information content (AvgIpc) is 2.21. The van der Waals surface area contributed by atoms with Crippen molar-refractivity contribution in [2.75, 3.05) is 0 Å². The van der Waals surface area contributed by atoms with Crippen LogP contribution in [-0.2, 0) is 0 Å².